The highest BCUT2D eigenvalue weighted by Gasteiger charge is 2.31. The molecule has 0 bridgehead atoms. The van der Waals surface area contributed by atoms with Crippen LogP contribution in [0.4, 0.5) is 10.5 Å². The van der Waals surface area contributed by atoms with Gasteiger partial charge in [0.1, 0.15) is 0 Å². The van der Waals surface area contributed by atoms with Crippen molar-refractivity contribution in [3.63, 3.8) is 0 Å². The van der Waals surface area contributed by atoms with Gasteiger partial charge in [-0.25, -0.2) is 4.79 Å². The van der Waals surface area contributed by atoms with Crippen molar-refractivity contribution in [2.24, 2.45) is 0 Å². The Labute approximate surface area is 148 Å². The lowest BCUT2D eigenvalue weighted by Crippen LogP contribution is -2.44. The van der Waals surface area contributed by atoms with Crippen LogP contribution < -0.4 is 15.5 Å². The highest BCUT2D eigenvalue weighted by molar-refractivity contribution is 5.96. The normalized spacial score (nSPS) is 18.1. The van der Waals surface area contributed by atoms with Gasteiger partial charge in [-0.15, -0.1) is 0 Å². The van der Waals surface area contributed by atoms with E-state index in [0.29, 0.717) is 13.0 Å². The average molecular weight is 337 g/mol. The van der Waals surface area contributed by atoms with E-state index in [1.165, 1.54) is 0 Å². The largest absolute Gasteiger partial charge is 0.333 e. The van der Waals surface area contributed by atoms with Crippen LogP contribution in [0.2, 0.25) is 0 Å². The van der Waals surface area contributed by atoms with Crippen molar-refractivity contribution in [2.75, 3.05) is 11.4 Å². The van der Waals surface area contributed by atoms with Crippen LogP contribution in [0.15, 0.2) is 54.6 Å². The standard InChI is InChI=1S/C20H23N3O2/c1-14-8-10-18(11-9-14)23-13-17(12-19(23)24)22-20(25)21-15(2)16-6-4-3-5-7-16/h3-11,15,17H,12-13H2,1-2H3,(H2,21,22,25)/t15-,17-/m0/s1. The quantitative estimate of drug-likeness (QED) is 0.900. The molecule has 1 aliphatic heterocycles. The first-order chi connectivity index (χ1) is 12.0. The Bertz CT molecular complexity index is 743. The summed E-state index contributed by atoms with van der Waals surface area (Å²) >= 11 is 0. The number of benzene rings is 2. The molecule has 2 aromatic carbocycles. The maximum Gasteiger partial charge on any atom is 0.315 e. The van der Waals surface area contributed by atoms with Gasteiger partial charge in [0.2, 0.25) is 5.91 Å². The summed E-state index contributed by atoms with van der Waals surface area (Å²) < 4.78 is 0. The van der Waals surface area contributed by atoms with Crippen LogP contribution in [-0.4, -0.2) is 24.5 Å². The molecule has 2 atom stereocenters. The molecule has 130 valence electrons. The third kappa shape index (κ3) is 4.18. The van der Waals surface area contributed by atoms with E-state index >= 15 is 0 Å². The fraction of sp³-hybridized carbons (Fsp3) is 0.300. The predicted molar refractivity (Wildman–Crippen MR) is 98.5 cm³/mol. The number of nitrogens with one attached hydrogen (secondary N) is 2. The zero-order valence-electron chi connectivity index (χ0n) is 14.5. The SMILES string of the molecule is Cc1ccc(N2C[C@@H](NC(=O)N[C@@H](C)c3ccccc3)CC2=O)cc1. The topological polar surface area (TPSA) is 61.4 Å². The third-order valence-corrected chi connectivity index (χ3v) is 4.45. The summed E-state index contributed by atoms with van der Waals surface area (Å²) in [6.07, 6.45) is 0.320. The van der Waals surface area contributed by atoms with Crippen LogP contribution in [0.1, 0.15) is 30.5 Å². The minimum Gasteiger partial charge on any atom is -0.333 e. The zero-order valence-corrected chi connectivity index (χ0v) is 14.5. The number of amides is 3. The molecule has 3 amide bonds. The number of aryl methyl sites for hydroxylation is 1. The molecule has 1 heterocycles. The average Bonchev–Trinajstić information content (AvgIpc) is 2.96. The lowest BCUT2D eigenvalue weighted by molar-refractivity contribution is -0.117. The summed E-state index contributed by atoms with van der Waals surface area (Å²) in [6.45, 7) is 4.44. The number of carbonyl (C=O) groups excluding carboxylic acids is 2. The van der Waals surface area contributed by atoms with Crippen molar-refractivity contribution in [1.82, 2.24) is 10.6 Å². The van der Waals surface area contributed by atoms with E-state index in [1.807, 2.05) is 68.4 Å². The summed E-state index contributed by atoms with van der Waals surface area (Å²) in [5, 5.41) is 5.83. The van der Waals surface area contributed by atoms with Crippen molar-refractivity contribution in [3.8, 4) is 0 Å². The van der Waals surface area contributed by atoms with Gasteiger partial charge >= 0.3 is 6.03 Å². The lowest BCUT2D eigenvalue weighted by atomic mass is 10.1. The predicted octanol–water partition coefficient (Wildman–Crippen LogP) is 3.16. The molecule has 2 aromatic rings. The van der Waals surface area contributed by atoms with Gasteiger partial charge in [-0.05, 0) is 31.5 Å². The monoisotopic (exact) mass is 337 g/mol. The number of urea groups is 1. The highest BCUT2D eigenvalue weighted by Crippen LogP contribution is 2.22. The van der Waals surface area contributed by atoms with Gasteiger partial charge in [-0.1, -0.05) is 48.0 Å². The van der Waals surface area contributed by atoms with E-state index in [4.69, 9.17) is 0 Å². The first-order valence-electron chi connectivity index (χ1n) is 8.52. The number of carbonyl (C=O) groups is 2. The molecule has 2 N–H and O–H groups in total. The van der Waals surface area contributed by atoms with Crippen molar-refractivity contribution in [1.29, 1.82) is 0 Å². The minimum absolute atomic E-state index is 0.0326. The second-order valence-corrected chi connectivity index (χ2v) is 6.49. The Morgan fingerprint density at radius 1 is 1.12 bits per heavy atom. The lowest BCUT2D eigenvalue weighted by Gasteiger charge is -2.19. The van der Waals surface area contributed by atoms with E-state index in [2.05, 4.69) is 10.6 Å². The first kappa shape index (κ1) is 17.0. The van der Waals surface area contributed by atoms with E-state index < -0.39 is 0 Å². The Morgan fingerprint density at radius 3 is 2.48 bits per heavy atom. The molecule has 3 rings (SSSR count). The van der Waals surface area contributed by atoms with Crippen molar-refractivity contribution < 1.29 is 9.59 Å². The molecular weight excluding hydrogens is 314 g/mol. The fourth-order valence-corrected chi connectivity index (χ4v) is 3.03. The van der Waals surface area contributed by atoms with Gasteiger partial charge in [0.15, 0.2) is 0 Å². The second-order valence-electron chi connectivity index (χ2n) is 6.49. The van der Waals surface area contributed by atoms with Crippen LogP contribution in [0.3, 0.4) is 0 Å². The molecule has 25 heavy (non-hydrogen) atoms. The molecule has 1 saturated heterocycles. The summed E-state index contributed by atoms with van der Waals surface area (Å²) in [5.41, 5.74) is 3.07. The summed E-state index contributed by atoms with van der Waals surface area (Å²) in [7, 11) is 0. The Morgan fingerprint density at radius 2 is 1.80 bits per heavy atom. The second kappa shape index (κ2) is 7.38. The molecular formula is C20H23N3O2. The number of hydrogen-bond acceptors (Lipinski definition) is 2. The maximum atomic E-state index is 12.2. The number of hydrogen-bond donors (Lipinski definition) is 2. The van der Waals surface area contributed by atoms with Gasteiger partial charge < -0.3 is 15.5 Å². The molecule has 0 aliphatic carbocycles. The molecule has 0 saturated carbocycles. The number of anilines is 1. The molecule has 1 fully saturated rings. The smallest absolute Gasteiger partial charge is 0.315 e. The molecule has 0 unspecified atom stereocenters. The molecule has 0 spiro atoms. The first-order valence-corrected chi connectivity index (χ1v) is 8.52. The van der Waals surface area contributed by atoms with E-state index in [9.17, 15) is 9.59 Å². The van der Waals surface area contributed by atoms with E-state index in [-0.39, 0.29) is 24.0 Å². The van der Waals surface area contributed by atoms with Gasteiger partial charge in [-0.2, -0.15) is 0 Å². The van der Waals surface area contributed by atoms with Crippen LogP contribution in [0.5, 0.6) is 0 Å². The van der Waals surface area contributed by atoms with Gasteiger partial charge in [0, 0.05) is 18.7 Å². The highest BCUT2D eigenvalue weighted by atomic mass is 16.2. The zero-order chi connectivity index (χ0) is 17.8. The van der Waals surface area contributed by atoms with Gasteiger partial charge in [0.25, 0.3) is 0 Å². The third-order valence-electron chi connectivity index (χ3n) is 4.45. The summed E-state index contributed by atoms with van der Waals surface area (Å²) in [5.74, 6) is 0.0326. The van der Waals surface area contributed by atoms with Crippen LogP contribution in [0.25, 0.3) is 0 Å². The summed E-state index contributed by atoms with van der Waals surface area (Å²) in [4.78, 5) is 26.2. The number of rotatable bonds is 4. The summed E-state index contributed by atoms with van der Waals surface area (Å²) in [6, 6.07) is 17.1. The van der Waals surface area contributed by atoms with Crippen LogP contribution in [0, 0.1) is 6.92 Å². The Kier molecular flexibility index (Phi) is 5.03. The molecule has 0 radical (unpaired) electrons. The van der Waals surface area contributed by atoms with Crippen molar-refractivity contribution in [2.45, 2.75) is 32.4 Å². The molecule has 0 aromatic heterocycles. The number of nitrogens with zero attached hydrogens (tertiary/aromatic N) is 1. The van der Waals surface area contributed by atoms with Crippen molar-refractivity contribution >= 4 is 17.6 Å². The minimum atomic E-state index is -0.250. The van der Waals surface area contributed by atoms with Crippen LogP contribution >= 0.6 is 0 Å². The Balaban J connectivity index is 1.56. The van der Waals surface area contributed by atoms with Crippen LogP contribution in [-0.2, 0) is 4.79 Å². The fourth-order valence-electron chi connectivity index (χ4n) is 3.03. The molecule has 1 aliphatic rings. The van der Waals surface area contributed by atoms with E-state index in [1.54, 1.807) is 4.90 Å². The van der Waals surface area contributed by atoms with Gasteiger partial charge in [0.05, 0.1) is 12.1 Å². The maximum absolute atomic E-state index is 12.2. The molecule has 5 heteroatoms. The molecule has 5 nitrogen and oxygen atoms in total. The van der Waals surface area contributed by atoms with Gasteiger partial charge in [-0.3, -0.25) is 4.79 Å². The Hall–Kier alpha value is -2.82. The van der Waals surface area contributed by atoms with Crippen molar-refractivity contribution in [3.05, 3.63) is 65.7 Å². The van der Waals surface area contributed by atoms with E-state index in [0.717, 1.165) is 16.8 Å².